The summed E-state index contributed by atoms with van der Waals surface area (Å²) in [6, 6.07) is 8.32. The number of nitrogens with two attached hydrogens (primary N) is 1. The molecule has 0 bridgehead atoms. The maximum atomic E-state index is 12.4. The Bertz CT molecular complexity index is 760. The van der Waals surface area contributed by atoms with Crippen LogP contribution in [0.25, 0.3) is 0 Å². The lowest BCUT2D eigenvalue weighted by Gasteiger charge is -2.39. The number of carbonyl (C=O) groups excluding carboxylic acids is 2. The normalized spacial score (nSPS) is 14.6. The molecule has 2 amide bonds. The molecule has 3 rings (SSSR count). The van der Waals surface area contributed by atoms with E-state index in [-0.39, 0.29) is 17.6 Å². The third-order valence-electron chi connectivity index (χ3n) is 4.37. The molecule has 0 atom stereocenters. The van der Waals surface area contributed by atoms with E-state index >= 15 is 0 Å². The number of primary amides is 1. The maximum absolute atomic E-state index is 12.4. The Morgan fingerprint density at radius 1 is 1.20 bits per heavy atom. The Balaban J connectivity index is 1.51. The number of hydrogen-bond acceptors (Lipinski definition) is 4. The van der Waals surface area contributed by atoms with E-state index in [2.05, 4.69) is 36.3 Å². The van der Waals surface area contributed by atoms with E-state index in [1.807, 2.05) is 12.1 Å². The summed E-state index contributed by atoms with van der Waals surface area (Å²) in [5.74, 6) is 0.125. The quantitative estimate of drug-likeness (QED) is 0.854. The minimum Gasteiger partial charge on any atom is -0.364 e. The van der Waals surface area contributed by atoms with E-state index in [1.54, 1.807) is 9.58 Å². The summed E-state index contributed by atoms with van der Waals surface area (Å²) in [5, 5.41) is 7.62. The van der Waals surface area contributed by atoms with Gasteiger partial charge in [0.2, 0.25) is 5.91 Å². The molecule has 1 saturated heterocycles. The average molecular weight is 341 g/mol. The maximum Gasteiger partial charge on any atom is 0.270 e. The number of likely N-dealkylation sites (tertiary alicyclic amines) is 1. The molecule has 0 radical (unpaired) electrons. The molecule has 1 aromatic carbocycles. The van der Waals surface area contributed by atoms with E-state index in [4.69, 9.17) is 5.73 Å². The number of amides is 2. The third-order valence-corrected chi connectivity index (χ3v) is 4.37. The number of benzene rings is 1. The molecule has 7 heteroatoms. The van der Waals surface area contributed by atoms with E-state index in [0.717, 1.165) is 12.0 Å². The van der Waals surface area contributed by atoms with Gasteiger partial charge in [0.25, 0.3) is 5.91 Å². The molecule has 132 valence electrons. The zero-order valence-electron chi connectivity index (χ0n) is 14.6. The highest BCUT2D eigenvalue weighted by molar-refractivity contribution is 5.90. The first-order valence-corrected chi connectivity index (χ1v) is 8.49. The van der Waals surface area contributed by atoms with Crippen LogP contribution in [0.3, 0.4) is 0 Å². The molecule has 7 nitrogen and oxygen atoms in total. The van der Waals surface area contributed by atoms with Gasteiger partial charge in [-0.2, -0.15) is 0 Å². The van der Waals surface area contributed by atoms with E-state index in [0.29, 0.717) is 25.4 Å². The highest BCUT2D eigenvalue weighted by atomic mass is 16.2. The van der Waals surface area contributed by atoms with Crippen molar-refractivity contribution in [3.63, 3.8) is 0 Å². The van der Waals surface area contributed by atoms with Crippen LogP contribution < -0.4 is 5.73 Å². The van der Waals surface area contributed by atoms with Crippen molar-refractivity contribution in [3.8, 4) is 0 Å². The van der Waals surface area contributed by atoms with Gasteiger partial charge in [-0.3, -0.25) is 9.59 Å². The van der Waals surface area contributed by atoms with Crippen LogP contribution in [-0.4, -0.2) is 44.8 Å². The summed E-state index contributed by atoms with van der Waals surface area (Å²) < 4.78 is 1.60. The molecule has 2 heterocycles. The van der Waals surface area contributed by atoms with Crippen LogP contribution in [0.2, 0.25) is 0 Å². The number of hydrogen-bond donors (Lipinski definition) is 1. The SMILES string of the molecule is CC(C)Cc1ccc(CC(=O)N2CC(n3cc(C(N)=O)nn3)C2)cc1. The second-order valence-corrected chi connectivity index (χ2v) is 6.99. The lowest BCUT2D eigenvalue weighted by atomic mass is 10.0. The second kappa shape index (κ2) is 7.04. The van der Waals surface area contributed by atoms with Crippen LogP contribution in [0.1, 0.15) is 41.5 Å². The predicted octanol–water partition coefficient (Wildman–Crippen LogP) is 1.20. The second-order valence-electron chi connectivity index (χ2n) is 6.99. The first kappa shape index (κ1) is 17.1. The molecule has 1 aliphatic rings. The van der Waals surface area contributed by atoms with Crippen molar-refractivity contribution in [3.05, 3.63) is 47.3 Å². The molecular formula is C18H23N5O2. The predicted molar refractivity (Wildman–Crippen MR) is 92.8 cm³/mol. The zero-order chi connectivity index (χ0) is 18.0. The molecule has 0 unspecified atom stereocenters. The summed E-state index contributed by atoms with van der Waals surface area (Å²) in [5.41, 5.74) is 7.63. The Hall–Kier alpha value is -2.70. The number of aromatic nitrogens is 3. The van der Waals surface area contributed by atoms with Gasteiger partial charge < -0.3 is 10.6 Å². The smallest absolute Gasteiger partial charge is 0.270 e. The molecule has 25 heavy (non-hydrogen) atoms. The highest BCUT2D eigenvalue weighted by Crippen LogP contribution is 2.21. The summed E-state index contributed by atoms with van der Waals surface area (Å²) in [6.45, 7) is 5.54. The van der Waals surface area contributed by atoms with Gasteiger partial charge in [-0.1, -0.05) is 43.3 Å². The molecule has 1 aliphatic heterocycles. The number of rotatable bonds is 6. The van der Waals surface area contributed by atoms with Crippen molar-refractivity contribution in [2.24, 2.45) is 11.7 Å². The topological polar surface area (TPSA) is 94.1 Å². The van der Waals surface area contributed by atoms with Crippen molar-refractivity contribution in [2.75, 3.05) is 13.1 Å². The summed E-state index contributed by atoms with van der Waals surface area (Å²) in [7, 11) is 0. The van der Waals surface area contributed by atoms with Gasteiger partial charge in [-0.05, 0) is 23.5 Å². The van der Waals surface area contributed by atoms with Crippen molar-refractivity contribution in [1.82, 2.24) is 19.9 Å². The van der Waals surface area contributed by atoms with Gasteiger partial charge >= 0.3 is 0 Å². The highest BCUT2D eigenvalue weighted by Gasteiger charge is 2.32. The Labute approximate surface area is 146 Å². The van der Waals surface area contributed by atoms with Crippen molar-refractivity contribution >= 4 is 11.8 Å². The molecule has 1 fully saturated rings. The van der Waals surface area contributed by atoms with Crippen molar-refractivity contribution in [2.45, 2.75) is 32.7 Å². The van der Waals surface area contributed by atoms with Gasteiger partial charge in [0, 0.05) is 13.1 Å². The molecule has 2 aromatic rings. The fourth-order valence-electron chi connectivity index (χ4n) is 2.95. The van der Waals surface area contributed by atoms with Crippen LogP contribution in [-0.2, 0) is 17.6 Å². The van der Waals surface area contributed by atoms with Gasteiger partial charge in [0.05, 0.1) is 18.7 Å². The Morgan fingerprint density at radius 2 is 1.84 bits per heavy atom. The molecule has 1 aromatic heterocycles. The fraction of sp³-hybridized carbons (Fsp3) is 0.444. The van der Waals surface area contributed by atoms with E-state index in [1.165, 1.54) is 11.8 Å². The first-order chi connectivity index (χ1) is 11.9. The van der Waals surface area contributed by atoms with E-state index < -0.39 is 5.91 Å². The average Bonchev–Trinajstić information content (AvgIpc) is 2.97. The standard InChI is InChI=1S/C18H23N5O2/c1-12(2)7-13-3-5-14(6-4-13)8-17(24)22-9-15(10-22)23-11-16(18(19)25)20-21-23/h3-6,11-12,15H,7-10H2,1-2H3,(H2,19,25). The van der Waals surface area contributed by atoms with Gasteiger partial charge in [-0.15, -0.1) is 5.10 Å². The van der Waals surface area contributed by atoms with Crippen LogP contribution in [0.5, 0.6) is 0 Å². The molecule has 0 aliphatic carbocycles. The number of carbonyl (C=O) groups is 2. The van der Waals surface area contributed by atoms with Crippen LogP contribution in [0.4, 0.5) is 0 Å². The molecule has 0 saturated carbocycles. The lowest BCUT2D eigenvalue weighted by Crippen LogP contribution is -2.51. The van der Waals surface area contributed by atoms with Crippen LogP contribution in [0, 0.1) is 5.92 Å². The lowest BCUT2D eigenvalue weighted by molar-refractivity contribution is -0.136. The molecule has 2 N–H and O–H groups in total. The monoisotopic (exact) mass is 341 g/mol. The Kier molecular flexibility index (Phi) is 4.83. The summed E-state index contributed by atoms with van der Waals surface area (Å²) in [6.07, 6.45) is 2.98. The minimum atomic E-state index is -0.598. The largest absolute Gasteiger partial charge is 0.364 e. The van der Waals surface area contributed by atoms with Crippen molar-refractivity contribution in [1.29, 1.82) is 0 Å². The van der Waals surface area contributed by atoms with Crippen LogP contribution >= 0.6 is 0 Å². The van der Waals surface area contributed by atoms with E-state index in [9.17, 15) is 9.59 Å². The minimum absolute atomic E-state index is 0.0537. The number of nitrogens with zero attached hydrogens (tertiary/aromatic N) is 4. The van der Waals surface area contributed by atoms with Gasteiger partial charge in [0.15, 0.2) is 5.69 Å². The first-order valence-electron chi connectivity index (χ1n) is 8.49. The van der Waals surface area contributed by atoms with Crippen LogP contribution in [0.15, 0.2) is 30.5 Å². The van der Waals surface area contributed by atoms with Gasteiger partial charge in [0.1, 0.15) is 0 Å². The fourth-order valence-corrected chi connectivity index (χ4v) is 2.95. The van der Waals surface area contributed by atoms with Gasteiger partial charge in [-0.25, -0.2) is 4.68 Å². The third kappa shape index (κ3) is 4.04. The Morgan fingerprint density at radius 3 is 2.40 bits per heavy atom. The summed E-state index contributed by atoms with van der Waals surface area (Å²) in [4.78, 5) is 25.2. The van der Waals surface area contributed by atoms with Crippen molar-refractivity contribution < 1.29 is 9.59 Å². The zero-order valence-corrected chi connectivity index (χ0v) is 14.6. The molecule has 0 spiro atoms. The summed E-state index contributed by atoms with van der Waals surface area (Å²) >= 11 is 0. The molecular weight excluding hydrogens is 318 g/mol.